The number of aromatic nitrogens is 1. The van der Waals surface area contributed by atoms with Gasteiger partial charge in [-0.05, 0) is 13.0 Å². The Kier molecular flexibility index (Phi) is 3.72. The first-order chi connectivity index (χ1) is 6.76. The summed E-state index contributed by atoms with van der Waals surface area (Å²) in [6.07, 6.45) is 1.57. The Balaban J connectivity index is 2.62. The molecule has 0 fully saturated rings. The van der Waals surface area contributed by atoms with E-state index in [1.54, 1.807) is 18.3 Å². The van der Waals surface area contributed by atoms with E-state index in [0.29, 0.717) is 18.1 Å². The molecule has 1 aromatic rings. The van der Waals surface area contributed by atoms with Gasteiger partial charge in [0.15, 0.2) is 0 Å². The highest BCUT2D eigenvalue weighted by Gasteiger charge is 2.00. The van der Waals surface area contributed by atoms with Gasteiger partial charge in [-0.3, -0.25) is 0 Å². The number of nitrogens with zero attached hydrogens (tertiary/aromatic N) is 1. The Morgan fingerprint density at radius 1 is 1.64 bits per heavy atom. The average molecular weight is 195 g/mol. The number of rotatable bonds is 3. The van der Waals surface area contributed by atoms with Gasteiger partial charge in [-0.2, -0.15) is 0 Å². The lowest BCUT2D eigenvalue weighted by Gasteiger charge is -2.06. The topological polar surface area (TPSA) is 63.2 Å². The van der Waals surface area contributed by atoms with Crippen molar-refractivity contribution in [3.8, 4) is 5.88 Å². The monoisotopic (exact) mass is 195 g/mol. The Hall–Kier alpha value is -1.78. The molecule has 0 unspecified atom stereocenters. The summed E-state index contributed by atoms with van der Waals surface area (Å²) in [5.74, 6) is 0.472. The average Bonchev–Trinajstić information content (AvgIpc) is 2.18. The Labute approximate surface area is 82.5 Å². The second-order valence-corrected chi connectivity index (χ2v) is 2.57. The van der Waals surface area contributed by atoms with Gasteiger partial charge in [0.1, 0.15) is 0 Å². The minimum Gasteiger partial charge on any atom is -0.481 e. The summed E-state index contributed by atoms with van der Waals surface area (Å²) in [5.41, 5.74) is 0.655. The molecule has 0 aromatic carbocycles. The van der Waals surface area contributed by atoms with E-state index in [9.17, 15) is 4.79 Å². The molecule has 0 saturated heterocycles. The fourth-order valence-corrected chi connectivity index (χ4v) is 0.935. The molecule has 0 bridgehead atoms. The van der Waals surface area contributed by atoms with E-state index in [2.05, 4.69) is 15.6 Å². The summed E-state index contributed by atoms with van der Waals surface area (Å²) in [6.45, 7) is 2.45. The summed E-state index contributed by atoms with van der Waals surface area (Å²) in [5, 5.41) is 5.27. The van der Waals surface area contributed by atoms with Crippen LogP contribution in [0.4, 0.5) is 10.5 Å². The normalized spacial score (nSPS) is 9.29. The number of hydrogen-bond donors (Lipinski definition) is 2. The molecule has 0 saturated carbocycles. The van der Waals surface area contributed by atoms with Crippen molar-refractivity contribution in [2.75, 3.05) is 19.0 Å². The smallest absolute Gasteiger partial charge is 0.319 e. The summed E-state index contributed by atoms with van der Waals surface area (Å²) in [6, 6.07) is 3.10. The number of nitrogens with one attached hydrogen (secondary N) is 2. The number of methoxy groups -OCH3 is 1. The van der Waals surface area contributed by atoms with E-state index in [0.717, 1.165) is 0 Å². The minimum atomic E-state index is -0.235. The van der Waals surface area contributed by atoms with Crippen molar-refractivity contribution in [3.05, 3.63) is 18.3 Å². The summed E-state index contributed by atoms with van der Waals surface area (Å²) < 4.78 is 4.91. The molecule has 0 spiro atoms. The molecule has 0 radical (unpaired) electrons. The third kappa shape index (κ3) is 2.93. The number of pyridine rings is 1. The highest BCUT2D eigenvalue weighted by Crippen LogP contribution is 2.12. The van der Waals surface area contributed by atoms with Crippen LogP contribution < -0.4 is 15.4 Å². The third-order valence-corrected chi connectivity index (χ3v) is 1.54. The van der Waals surface area contributed by atoms with Gasteiger partial charge in [-0.15, -0.1) is 0 Å². The lowest BCUT2D eigenvalue weighted by atomic mass is 10.4. The zero-order chi connectivity index (χ0) is 10.4. The second kappa shape index (κ2) is 5.06. The van der Waals surface area contributed by atoms with Crippen LogP contribution in [0.2, 0.25) is 0 Å². The van der Waals surface area contributed by atoms with Gasteiger partial charge in [0.25, 0.3) is 0 Å². The van der Waals surface area contributed by atoms with Crippen molar-refractivity contribution in [1.82, 2.24) is 10.3 Å². The van der Waals surface area contributed by atoms with E-state index >= 15 is 0 Å². The lowest BCUT2D eigenvalue weighted by molar-refractivity contribution is 0.252. The summed E-state index contributed by atoms with van der Waals surface area (Å²) in [4.78, 5) is 15.0. The van der Waals surface area contributed by atoms with E-state index in [4.69, 9.17) is 4.74 Å². The first-order valence-corrected chi connectivity index (χ1v) is 4.31. The Bertz CT molecular complexity index is 315. The molecule has 5 heteroatoms. The molecule has 76 valence electrons. The van der Waals surface area contributed by atoms with Gasteiger partial charge in [0, 0.05) is 24.5 Å². The molecule has 0 atom stereocenters. The van der Waals surface area contributed by atoms with Gasteiger partial charge in [0.05, 0.1) is 7.11 Å². The van der Waals surface area contributed by atoms with Gasteiger partial charge in [-0.1, -0.05) is 0 Å². The summed E-state index contributed by atoms with van der Waals surface area (Å²) in [7, 11) is 1.53. The van der Waals surface area contributed by atoms with Crippen LogP contribution in [0.1, 0.15) is 6.92 Å². The Morgan fingerprint density at radius 2 is 2.43 bits per heavy atom. The second-order valence-electron chi connectivity index (χ2n) is 2.57. The molecule has 0 aliphatic heterocycles. The molecule has 0 aliphatic rings. The van der Waals surface area contributed by atoms with E-state index in [1.165, 1.54) is 7.11 Å². The van der Waals surface area contributed by atoms with Crippen molar-refractivity contribution < 1.29 is 9.53 Å². The number of urea groups is 1. The van der Waals surface area contributed by atoms with Crippen LogP contribution in [-0.4, -0.2) is 24.7 Å². The lowest BCUT2D eigenvalue weighted by Crippen LogP contribution is -2.28. The van der Waals surface area contributed by atoms with Crippen LogP contribution in [0.5, 0.6) is 5.88 Å². The molecule has 0 aliphatic carbocycles. The maximum atomic E-state index is 11.1. The fourth-order valence-electron chi connectivity index (χ4n) is 0.935. The predicted molar refractivity (Wildman–Crippen MR) is 53.5 cm³/mol. The largest absolute Gasteiger partial charge is 0.481 e. The third-order valence-electron chi connectivity index (χ3n) is 1.54. The summed E-state index contributed by atoms with van der Waals surface area (Å²) >= 11 is 0. The van der Waals surface area contributed by atoms with E-state index < -0.39 is 0 Å². The fraction of sp³-hybridized carbons (Fsp3) is 0.333. The first-order valence-electron chi connectivity index (χ1n) is 4.31. The standard InChI is InChI=1S/C9H13N3O2/c1-3-10-9(13)12-7-4-5-11-8(6-7)14-2/h4-6H,3H2,1-2H3,(H2,10,11,12,13). The molecule has 2 N–H and O–H groups in total. The van der Waals surface area contributed by atoms with Crippen molar-refractivity contribution in [3.63, 3.8) is 0 Å². The molecule has 2 amide bonds. The number of carbonyl (C=O) groups excluding carboxylic acids is 1. The molecular formula is C9H13N3O2. The molecule has 14 heavy (non-hydrogen) atoms. The van der Waals surface area contributed by atoms with Gasteiger partial charge < -0.3 is 15.4 Å². The van der Waals surface area contributed by atoms with Crippen LogP contribution >= 0.6 is 0 Å². The van der Waals surface area contributed by atoms with E-state index in [1.807, 2.05) is 6.92 Å². The molecular weight excluding hydrogens is 182 g/mol. The number of amides is 2. The molecule has 1 heterocycles. The van der Waals surface area contributed by atoms with Crippen molar-refractivity contribution >= 4 is 11.7 Å². The van der Waals surface area contributed by atoms with Crippen LogP contribution in [0.15, 0.2) is 18.3 Å². The van der Waals surface area contributed by atoms with Gasteiger partial charge >= 0.3 is 6.03 Å². The number of carbonyl (C=O) groups is 1. The highest BCUT2D eigenvalue weighted by molar-refractivity contribution is 5.89. The number of ether oxygens (including phenoxy) is 1. The molecule has 1 rings (SSSR count). The van der Waals surface area contributed by atoms with Crippen LogP contribution in [0, 0.1) is 0 Å². The van der Waals surface area contributed by atoms with Crippen LogP contribution in [0.3, 0.4) is 0 Å². The number of anilines is 1. The maximum absolute atomic E-state index is 11.1. The first kappa shape index (κ1) is 10.3. The minimum absolute atomic E-state index is 0.235. The van der Waals surface area contributed by atoms with Crippen LogP contribution in [-0.2, 0) is 0 Å². The SMILES string of the molecule is CCNC(=O)Nc1ccnc(OC)c1. The van der Waals surface area contributed by atoms with Gasteiger partial charge in [0.2, 0.25) is 5.88 Å². The van der Waals surface area contributed by atoms with Gasteiger partial charge in [-0.25, -0.2) is 9.78 Å². The van der Waals surface area contributed by atoms with E-state index in [-0.39, 0.29) is 6.03 Å². The Morgan fingerprint density at radius 3 is 3.07 bits per heavy atom. The highest BCUT2D eigenvalue weighted by atomic mass is 16.5. The van der Waals surface area contributed by atoms with Crippen molar-refractivity contribution in [2.24, 2.45) is 0 Å². The van der Waals surface area contributed by atoms with Crippen molar-refractivity contribution in [2.45, 2.75) is 6.92 Å². The maximum Gasteiger partial charge on any atom is 0.319 e. The molecule has 5 nitrogen and oxygen atoms in total. The zero-order valence-electron chi connectivity index (χ0n) is 8.20. The van der Waals surface area contributed by atoms with Crippen molar-refractivity contribution in [1.29, 1.82) is 0 Å². The molecule has 1 aromatic heterocycles. The number of hydrogen-bond acceptors (Lipinski definition) is 3. The predicted octanol–water partition coefficient (Wildman–Crippen LogP) is 1.23. The van der Waals surface area contributed by atoms with Crippen LogP contribution in [0.25, 0.3) is 0 Å². The quantitative estimate of drug-likeness (QED) is 0.762. The zero-order valence-corrected chi connectivity index (χ0v) is 8.20.